The minimum Gasteiger partial charge on any atom is -0.328 e. The predicted molar refractivity (Wildman–Crippen MR) is 73.6 cm³/mol. The van der Waals surface area contributed by atoms with Crippen LogP contribution in [0.2, 0.25) is 0 Å². The molecule has 0 amide bonds. The van der Waals surface area contributed by atoms with Gasteiger partial charge in [0.2, 0.25) is 10.0 Å². The summed E-state index contributed by atoms with van der Waals surface area (Å²) >= 11 is 0. The number of nitro benzene ring substituents is 1. The van der Waals surface area contributed by atoms with Gasteiger partial charge in [0.25, 0.3) is 5.69 Å². The van der Waals surface area contributed by atoms with E-state index in [1.807, 2.05) is 0 Å². The number of nitro groups is 1. The molecule has 110 valence electrons. The second-order valence-corrected chi connectivity index (χ2v) is 6.70. The summed E-state index contributed by atoms with van der Waals surface area (Å²) in [6.07, 6.45) is 2.94. The van der Waals surface area contributed by atoms with E-state index in [0.717, 1.165) is 18.9 Å². The second kappa shape index (κ2) is 5.86. The lowest BCUT2D eigenvalue weighted by Crippen LogP contribution is -2.40. The normalized spacial score (nSPS) is 23.4. The zero-order chi connectivity index (χ0) is 14.8. The summed E-state index contributed by atoms with van der Waals surface area (Å²) in [4.78, 5) is 9.99. The molecular weight excluding hydrogens is 282 g/mol. The van der Waals surface area contributed by atoms with Gasteiger partial charge >= 0.3 is 0 Å². The maximum atomic E-state index is 12.2. The van der Waals surface area contributed by atoms with E-state index >= 15 is 0 Å². The van der Waals surface area contributed by atoms with Crippen LogP contribution in [0.3, 0.4) is 0 Å². The Kier molecular flexibility index (Phi) is 4.36. The summed E-state index contributed by atoms with van der Waals surface area (Å²) in [5.41, 5.74) is 5.54. The summed E-state index contributed by atoms with van der Waals surface area (Å²) in [5, 5.41) is 10.7. The molecule has 1 aromatic rings. The molecule has 0 unspecified atom stereocenters. The summed E-state index contributed by atoms with van der Waals surface area (Å²) in [6.45, 7) is 0. The number of hydrogen-bond donors (Lipinski definition) is 2. The van der Waals surface area contributed by atoms with Crippen LogP contribution >= 0.6 is 0 Å². The number of benzene rings is 1. The number of nitrogens with two attached hydrogens (primary N) is 1. The molecule has 8 heteroatoms. The summed E-state index contributed by atoms with van der Waals surface area (Å²) < 4.78 is 27.0. The first-order valence-corrected chi connectivity index (χ1v) is 7.89. The zero-order valence-corrected chi connectivity index (χ0v) is 11.7. The molecule has 1 fully saturated rings. The number of non-ortho nitro benzene ring substituents is 1. The van der Waals surface area contributed by atoms with Crippen LogP contribution in [0.4, 0.5) is 5.69 Å². The lowest BCUT2D eigenvalue weighted by Gasteiger charge is -2.26. The molecule has 20 heavy (non-hydrogen) atoms. The van der Waals surface area contributed by atoms with E-state index in [1.165, 1.54) is 18.2 Å². The van der Waals surface area contributed by atoms with Crippen molar-refractivity contribution >= 4 is 15.7 Å². The van der Waals surface area contributed by atoms with Gasteiger partial charge in [0, 0.05) is 24.2 Å². The Labute approximate surface area is 117 Å². The number of rotatable bonds is 4. The lowest BCUT2D eigenvalue weighted by atomic mass is 9.93. The molecule has 1 saturated carbocycles. The first kappa shape index (κ1) is 14.9. The van der Waals surface area contributed by atoms with Crippen molar-refractivity contribution in [3.63, 3.8) is 0 Å². The average molecular weight is 299 g/mol. The summed E-state index contributed by atoms with van der Waals surface area (Å²) in [7, 11) is -3.73. The maximum absolute atomic E-state index is 12.2. The molecule has 3 N–H and O–H groups in total. The third-order valence-corrected chi connectivity index (χ3v) is 4.95. The Morgan fingerprint density at radius 2 is 1.90 bits per heavy atom. The van der Waals surface area contributed by atoms with Crippen LogP contribution < -0.4 is 10.5 Å². The van der Waals surface area contributed by atoms with E-state index in [0.29, 0.717) is 12.8 Å². The van der Waals surface area contributed by atoms with Gasteiger partial charge in [-0.15, -0.1) is 0 Å². The first-order chi connectivity index (χ1) is 9.38. The summed E-state index contributed by atoms with van der Waals surface area (Å²) in [5.74, 6) is 0. The molecule has 2 rings (SSSR count). The molecule has 1 aliphatic carbocycles. The third-order valence-electron chi connectivity index (χ3n) is 3.43. The molecule has 0 bridgehead atoms. The van der Waals surface area contributed by atoms with Crippen molar-refractivity contribution in [2.75, 3.05) is 0 Å². The van der Waals surface area contributed by atoms with E-state index in [4.69, 9.17) is 5.73 Å². The van der Waals surface area contributed by atoms with E-state index in [9.17, 15) is 18.5 Å². The highest BCUT2D eigenvalue weighted by Gasteiger charge is 2.25. The van der Waals surface area contributed by atoms with Gasteiger partial charge in [0.1, 0.15) is 0 Å². The van der Waals surface area contributed by atoms with Crippen LogP contribution in [-0.4, -0.2) is 25.4 Å². The van der Waals surface area contributed by atoms with Gasteiger partial charge in [0.05, 0.1) is 9.82 Å². The van der Waals surface area contributed by atoms with Gasteiger partial charge in [-0.05, 0) is 31.7 Å². The van der Waals surface area contributed by atoms with Crippen molar-refractivity contribution in [1.82, 2.24) is 4.72 Å². The highest BCUT2D eigenvalue weighted by molar-refractivity contribution is 7.89. The van der Waals surface area contributed by atoms with E-state index < -0.39 is 14.9 Å². The largest absolute Gasteiger partial charge is 0.328 e. The Bertz CT molecular complexity index is 594. The highest BCUT2D eigenvalue weighted by atomic mass is 32.2. The molecule has 1 aromatic carbocycles. The van der Waals surface area contributed by atoms with Crippen molar-refractivity contribution in [1.29, 1.82) is 0 Å². The van der Waals surface area contributed by atoms with Crippen molar-refractivity contribution in [3.8, 4) is 0 Å². The van der Waals surface area contributed by atoms with Crippen LogP contribution in [-0.2, 0) is 10.0 Å². The van der Waals surface area contributed by atoms with Crippen LogP contribution in [0.5, 0.6) is 0 Å². The fourth-order valence-electron chi connectivity index (χ4n) is 2.29. The number of sulfonamides is 1. The molecule has 0 aromatic heterocycles. The van der Waals surface area contributed by atoms with E-state index in [-0.39, 0.29) is 22.7 Å². The molecule has 0 radical (unpaired) electrons. The fourth-order valence-corrected chi connectivity index (χ4v) is 3.63. The van der Waals surface area contributed by atoms with Gasteiger partial charge in [-0.2, -0.15) is 0 Å². The molecule has 0 saturated heterocycles. The van der Waals surface area contributed by atoms with Gasteiger partial charge in [-0.25, -0.2) is 13.1 Å². The number of hydrogen-bond acceptors (Lipinski definition) is 5. The summed E-state index contributed by atoms with van der Waals surface area (Å²) in [6, 6.07) is 5.02. The van der Waals surface area contributed by atoms with Crippen molar-refractivity contribution < 1.29 is 13.3 Å². The first-order valence-electron chi connectivity index (χ1n) is 6.41. The molecule has 0 spiro atoms. The van der Waals surface area contributed by atoms with Crippen LogP contribution in [0.1, 0.15) is 25.7 Å². The third kappa shape index (κ3) is 3.53. The standard InChI is InChI=1S/C12H17N3O4S/c13-9-4-6-10(7-5-9)14-20(18,19)12-3-1-2-11(8-12)15(16)17/h1-3,8-10,14H,4-7,13H2. The number of nitrogens with zero attached hydrogens (tertiary/aromatic N) is 1. The zero-order valence-electron chi connectivity index (χ0n) is 10.9. The maximum Gasteiger partial charge on any atom is 0.270 e. The van der Waals surface area contributed by atoms with Crippen LogP contribution in [0.25, 0.3) is 0 Å². The molecule has 0 aliphatic heterocycles. The van der Waals surface area contributed by atoms with Crippen LogP contribution in [0.15, 0.2) is 29.2 Å². The minimum atomic E-state index is -3.73. The number of nitrogens with one attached hydrogen (secondary N) is 1. The molecule has 1 aliphatic rings. The Morgan fingerprint density at radius 3 is 2.50 bits per heavy atom. The Balaban J connectivity index is 2.14. The quantitative estimate of drug-likeness (QED) is 0.639. The molecule has 7 nitrogen and oxygen atoms in total. The van der Waals surface area contributed by atoms with Gasteiger partial charge < -0.3 is 5.73 Å². The van der Waals surface area contributed by atoms with Crippen molar-refractivity contribution in [2.24, 2.45) is 5.73 Å². The van der Waals surface area contributed by atoms with Crippen molar-refractivity contribution in [3.05, 3.63) is 34.4 Å². The van der Waals surface area contributed by atoms with Gasteiger partial charge in [-0.3, -0.25) is 10.1 Å². The van der Waals surface area contributed by atoms with Crippen molar-refractivity contribution in [2.45, 2.75) is 42.7 Å². The predicted octanol–water partition coefficient (Wildman–Crippen LogP) is 1.14. The smallest absolute Gasteiger partial charge is 0.270 e. The SMILES string of the molecule is NC1CCC(NS(=O)(=O)c2cccc([N+](=O)[O-])c2)CC1. The highest BCUT2D eigenvalue weighted by Crippen LogP contribution is 2.21. The van der Waals surface area contributed by atoms with Gasteiger partial charge in [-0.1, -0.05) is 6.07 Å². The topological polar surface area (TPSA) is 115 Å². The van der Waals surface area contributed by atoms with Gasteiger partial charge in [0.15, 0.2) is 0 Å². The van der Waals surface area contributed by atoms with E-state index in [2.05, 4.69) is 4.72 Å². The fraction of sp³-hybridized carbons (Fsp3) is 0.500. The minimum absolute atomic E-state index is 0.0819. The van der Waals surface area contributed by atoms with E-state index in [1.54, 1.807) is 0 Å². The monoisotopic (exact) mass is 299 g/mol. The molecule has 0 heterocycles. The molecular formula is C12H17N3O4S. The Morgan fingerprint density at radius 1 is 1.25 bits per heavy atom. The molecule has 0 atom stereocenters. The second-order valence-electron chi connectivity index (χ2n) is 4.99. The average Bonchev–Trinajstić information content (AvgIpc) is 2.41. The lowest BCUT2D eigenvalue weighted by molar-refractivity contribution is -0.385. The Hall–Kier alpha value is -1.51. The van der Waals surface area contributed by atoms with Crippen LogP contribution in [0, 0.1) is 10.1 Å².